The monoisotopic (exact) mass is 281 g/mol. The Balaban J connectivity index is 1.78. The molecule has 0 saturated heterocycles. The Bertz CT molecular complexity index is 250. The van der Waals surface area contributed by atoms with Gasteiger partial charge in [0.2, 0.25) is 0 Å². The Kier molecular flexibility index (Phi) is 7.37. The van der Waals surface area contributed by atoms with Gasteiger partial charge in [-0.05, 0) is 56.9 Å². The van der Waals surface area contributed by atoms with Crippen molar-refractivity contribution in [2.45, 2.75) is 90.2 Å². The van der Waals surface area contributed by atoms with Crippen molar-refractivity contribution in [3.63, 3.8) is 0 Å². The van der Waals surface area contributed by atoms with E-state index in [4.69, 9.17) is 4.74 Å². The average Bonchev–Trinajstić information content (AvgIpc) is 2.52. The van der Waals surface area contributed by atoms with Gasteiger partial charge in [-0.3, -0.25) is 0 Å². The van der Waals surface area contributed by atoms with Crippen molar-refractivity contribution in [2.24, 2.45) is 11.8 Å². The molecule has 1 N–H and O–H groups in total. The molecule has 0 heterocycles. The van der Waals surface area contributed by atoms with E-state index in [0.29, 0.717) is 12.1 Å². The van der Waals surface area contributed by atoms with E-state index in [0.717, 1.165) is 25.0 Å². The van der Waals surface area contributed by atoms with E-state index in [2.05, 4.69) is 19.2 Å². The van der Waals surface area contributed by atoms with E-state index in [-0.39, 0.29) is 0 Å². The molecule has 2 aliphatic rings. The minimum absolute atomic E-state index is 0.474. The van der Waals surface area contributed by atoms with Gasteiger partial charge in [-0.15, -0.1) is 0 Å². The second-order valence-electron chi connectivity index (χ2n) is 7.02. The second kappa shape index (κ2) is 9.04. The summed E-state index contributed by atoms with van der Waals surface area (Å²) in [5.74, 6) is 1.74. The van der Waals surface area contributed by atoms with E-state index in [1.54, 1.807) is 0 Å². The summed E-state index contributed by atoms with van der Waals surface area (Å²) in [6.07, 6.45) is 14.1. The molecule has 3 atom stereocenters. The van der Waals surface area contributed by atoms with E-state index in [9.17, 15) is 0 Å². The average molecular weight is 281 g/mol. The Morgan fingerprint density at radius 1 is 0.950 bits per heavy atom. The zero-order chi connectivity index (χ0) is 14.2. The second-order valence-corrected chi connectivity index (χ2v) is 7.02. The fourth-order valence-electron chi connectivity index (χ4n) is 3.94. The maximum atomic E-state index is 6.40. The van der Waals surface area contributed by atoms with Crippen LogP contribution in [0.4, 0.5) is 0 Å². The van der Waals surface area contributed by atoms with Crippen LogP contribution in [0.2, 0.25) is 0 Å². The molecule has 2 saturated carbocycles. The van der Waals surface area contributed by atoms with Crippen LogP contribution < -0.4 is 5.32 Å². The molecule has 0 aliphatic heterocycles. The van der Waals surface area contributed by atoms with Crippen molar-refractivity contribution in [1.29, 1.82) is 0 Å². The molecule has 0 aromatic carbocycles. The maximum absolute atomic E-state index is 6.40. The molecule has 2 rings (SSSR count). The molecular formula is C18H35NO. The van der Waals surface area contributed by atoms with Crippen LogP contribution in [-0.2, 0) is 4.74 Å². The molecule has 0 spiro atoms. The molecule has 0 aromatic rings. The molecule has 2 heteroatoms. The number of nitrogens with one attached hydrogen (secondary N) is 1. The summed E-state index contributed by atoms with van der Waals surface area (Å²) < 4.78 is 6.40. The van der Waals surface area contributed by atoms with Crippen LogP contribution in [-0.4, -0.2) is 25.3 Å². The molecule has 0 bridgehead atoms. The smallest absolute Gasteiger partial charge is 0.0730 e. The number of ether oxygens (including phenoxy) is 1. The van der Waals surface area contributed by atoms with Crippen LogP contribution in [0.5, 0.6) is 0 Å². The van der Waals surface area contributed by atoms with Crippen LogP contribution in [0, 0.1) is 11.8 Å². The van der Waals surface area contributed by atoms with Crippen molar-refractivity contribution < 1.29 is 4.74 Å². The lowest BCUT2D eigenvalue weighted by Crippen LogP contribution is -2.46. The number of hydrogen-bond donors (Lipinski definition) is 1. The first-order chi connectivity index (χ1) is 9.83. The molecule has 2 aliphatic carbocycles. The molecule has 0 radical (unpaired) electrons. The first-order valence-corrected chi connectivity index (χ1v) is 9.18. The van der Waals surface area contributed by atoms with Gasteiger partial charge in [0.05, 0.1) is 6.10 Å². The lowest BCUT2D eigenvalue weighted by atomic mass is 9.82. The predicted octanol–water partition coefficient (Wildman–Crippen LogP) is 4.53. The molecule has 118 valence electrons. The highest BCUT2D eigenvalue weighted by Crippen LogP contribution is 2.31. The van der Waals surface area contributed by atoms with Crippen molar-refractivity contribution in [1.82, 2.24) is 5.32 Å². The normalized spacial score (nSPS) is 32.4. The van der Waals surface area contributed by atoms with Gasteiger partial charge in [0.25, 0.3) is 0 Å². The maximum Gasteiger partial charge on any atom is 0.0730 e. The van der Waals surface area contributed by atoms with Gasteiger partial charge in [0.1, 0.15) is 0 Å². The largest absolute Gasteiger partial charge is 0.376 e. The highest BCUT2D eigenvalue weighted by atomic mass is 16.5. The van der Waals surface area contributed by atoms with Crippen molar-refractivity contribution >= 4 is 0 Å². The van der Waals surface area contributed by atoms with Crippen molar-refractivity contribution in [2.75, 3.05) is 13.2 Å². The summed E-state index contributed by atoms with van der Waals surface area (Å²) in [5, 5.41) is 3.73. The number of hydrogen-bond acceptors (Lipinski definition) is 2. The van der Waals surface area contributed by atoms with Gasteiger partial charge in [-0.1, -0.05) is 39.5 Å². The van der Waals surface area contributed by atoms with E-state index >= 15 is 0 Å². The van der Waals surface area contributed by atoms with Gasteiger partial charge < -0.3 is 10.1 Å². The summed E-state index contributed by atoms with van der Waals surface area (Å²) in [5.41, 5.74) is 0. The molecule has 0 aromatic heterocycles. The lowest BCUT2D eigenvalue weighted by Gasteiger charge is -2.37. The summed E-state index contributed by atoms with van der Waals surface area (Å²) in [4.78, 5) is 0. The fourth-order valence-corrected chi connectivity index (χ4v) is 3.94. The van der Waals surface area contributed by atoms with Crippen LogP contribution in [0.1, 0.15) is 78.1 Å². The van der Waals surface area contributed by atoms with Crippen LogP contribution in [0.25, 0.3) is 0 Å². The summed E-state index contributed by atoms with van der Waals surface area (Å²) in [6, 6.07) is 0.612. The molecule has 3 unspecified atom stereocenters. The molecular weight excluding hydrogens is 246 g/mol. The SMILES string of the molecule is CCCNC1CCC(CC)CC1OCC1CCCCC1. The first-order valence-electron chi connectivity index (χ1n) is 9.18. The minimum atomic E-state index is 0.474. The molecule has 0 amide bonds. The van der Waals surface area contributed by atoms with Crippen LogP contribution >= 0.6 is 0 Å². The van der Waals surface area contributed by atoms with Crippen LogP contribution in [0.3, 0.4) is 0 Å². The summed E-state index contributed by atoms with van der Waals surface area (Å²) in [7, 11) is 0. The Hall–Kier alpha value is -0.0800. The molecule has 2 nitrogen and oxygen atoms in total. The zero-order valence-corrected chi connectivity index (χ0v) is 13.7. The summed E-state index contributed by atoms with van der Waals surface area (Å²) in [6.45, 7) is 6.75. The van der Waals surface area contributed by atoms with Crippen molar-refractivity contribution in [3.8, 4) is 0 Å². The van der Waals surface area contributed by atoms with Crippen molar-refractivity contribution in [3.05, 3.63) is 0 Å². The van der Waals surface area contributed by atoms with E-state index < -0.39 is 0 Å². The van der Waals surface area contributed by atoms with Gasteiger partial charge in [-0.25, -0.2) is 0 Å². The topological polar surface area (TPSA) is 21.3 Å². The molecule has 2 fully saturated rings. The predicted molar refractivity (Wildman–Crippen MR) is 86.0 cm³/mol. The summed E-state index contributed by atoms with van der Waals surface area (Å²) >= 11 is 0. The molecule has 20 heavy (non-hydrogen) atoms. The van der Waals surface area contributed by atoms with Gasteiger partial charge in [-0.2, -0.15) is 0 Å². The Labute approximate surface area is 126 Å². The number of rotatable bonds is 7. The van der Waals surface area contributed by atoms with Gasteiger partial charge >= 0.3 is 0 Å². The Morgan fingerprint density at radius 3 is 2.45 bits per heavy atom. The minimum Gasteiger partial charge on any atom is -0.376 e. The van der Waals surface area contributed by atoms with Gasteiger partial charge in [0, 0.05) is 12.6 Å². The standard InChI is InChI=1S/C18H35NO/c1-3-12-19-17-11-10-15(4-2)13-18(17)20-14-16-8-6-5-7-9-16/h15-19H,3-14H2,1-2H3. The third-order valence-electron chi connectivity index (χ3n) is 5.40. The highest BCUT2D eigenvalue weighted by Gasteiger charge is 2.30. The Morgan fingerprint density at radius 2 is 1.75 bits per heavy atom. The van der Waals surface area contributed by atoms with E-state index in [1.807, 2.05) is 0 Å². The zero-order valence-electron chi connectivity index (χ0n) is 13.7. The third kappa shape index (κ3) is 5.04. The quantitative estimate of drug-likeness (QED) is 0.740. The highest BCUT2D eigenvalue weighted by molar-refractivity contribution is 4.85. The fraction of sp³-hybridized carbons (Fsp3) is 1.00. The van der Waals surface area contributed by atoms with Crippen LogP contribution in [0.15, 0.2) is 0 Å². The van der Waals surface area contributed by atoms with Gasteiger partial charge in [0.15, 0.2) is 0 Å². The van der Waals surface area contributed by atoms with E-state index in [1.165, 1.54) is 64.2 Å². The first kappa shape index (κ1) is 16.3. The lowest BCUT2D eigenvalue weighted by molar-refractivity contribution is -0.0306. The third-order valence-corrected chi connectivity index (χ3v) is 5.40.